The number of nitrogens with zero attached hydrogens (tertiary/aromatic N) is 2. The highest BCUT2D eigenvalue weighted by Gasteiger charge is 2.31. The summed E-state index contributed by atoms with van der Waals surface area (Å²) in [6.45, 7) is 0.637. The van der Waals surface area contributed by atoms with E-state index >= 15 is 0 Å². The first-order valence-electron chi connectivity index (χ1n) is 11.3. The lowest BCUT2D eigenvalue weighted by Gasteiger charge is -2.23. The zero-order valence-electron chi connectivity index (χ0n) is 18.9. The summed E-state index contributed by atoms with van der Waals surface area (Å²) in [7, 11) is 0. The zero-order valence-corrected chi connectivity index (χ0v) is 20.5. The van der Waals surface area contributed by atoms with Crippen molar-refractivity contribution in [1.29, 1.82) is 0 Å². The van der Waals surface area contributed by atoms with E-state index in [2.05, 4.69) is 25.9 Å². The lowest BCUT2D eigenvalue weighted by molar-refractivity contribution is 0.0396. The second-order valence-electron chi connectivity index (χ2n) is 8.47. The summed E-state index contributed by atoms with van der Waals surface area (Å²) in [6, 6.07) is 19.7. The topological polar surface area (TPSA) is 87.2 Å². The number of fused-ring (bicyclic) bond motifs is 1. The van der Waals surface area contributed by atoms with E-state index in [-0.39, 0.29) is 11.5 Å². The van der Waals surface area contributed by atoms with E-state index in [0.717, 1.165) is 32.2 Å². The number of hydrogen-bond acceptors (Lipinski definition) is 5. The summed E-state index contributed by atoms with van der Waals surface area (Å²) in [5, 5.41) is 0. The van der Waals surface area contributed by atoms with Gasteiger partial charge in [-0.25, -0.2) is 14.2 Å². The SMILES string of the molecule is O=c1[nH]c2ccc(CCN3C=COC3c3oc(-c4ccc(Br)cc4)nc3-c3ccc(F)cc3)cc2[nH]1. The predicted octanol–water partition coefficient (Wildman–Crippen LogP) is 6.12. The van der Waals surface area contributed by atoms with Gasteiger partial charge in [-0.15, -0.1) is 0 Å². The number of rotatable bonds is 6. The molecule has 2 N–H and O–H groups in total. The molecule has 2 aromatic heterocycles. The Balaban J connectivity index is 1.31. The molecule has 1 aliphatic rings. The first-order valence-corrected chi connectivity index (χ1v) is 12.1. The molecule has 1 atom stereocenters. The Kier molecular flexibility index (Phi) is 5.69. The third kappa shape index (κ3) is 4.33. The van der Waals surface area contributed by atoms with Crippen LogP contribution in [0.2, 0.25) is 0 Å². The third-order valence-electron chi connectivity index (χ3n) is 6.09. The van der Waals surface area contributed by atoms with Crippen molar-refractivity contribution in [2.45, 2.75) is 12.6 Å². The van der Waals surface area contributed by atoms with Crippen molar-refractivity contribution in [3.05, 3.63) is 111 Å². The largest absolute Gasteiger partial charge is 0.469 e. The number of hydrogen-bond donors (Lipinski definition) is 2. The minimum absolute atomic E-state index is 0.224. The summed E-state index contributed by atoms with van der Waals surface area (Å²) in [5.74, 6) is 0.669. The number of H-pyrrole nitrogens is 2. The molecule has 6 rings (SSSR count). The maximum atomic E-state index is 13.6. The quantitative estimate of drug-likeness (QED) is 0.267. The van der Waals surface area contributed by atoms with Crippen molar-refractivity contribution < 1.29 is 13.5 Å². The summed E-state index contributed by atoms with van der Waals surface area (Å²) >= 11 is 3.45. The smallest absolute Gasteiger partial charge is 0.323 e. The fourth-order valence-corrected chi connectivity index (χ4v) is 4.54. The summed E-state index contributed by atoms with van der Waals surface area (Å²) in [4.78, 5) is 23.9. The second-order valence-corrected chi connectivity index (χ2v) is 9.38. The molecule has 1 aliphatic heterocycles. The molecule has 180 valence electrons. The Morgan fingerprint density at radius 2 is 1.72 bits per heavy atom. The van der Waals surface area contributed by atoms with E-state index in [0.29, 0.717) is 30.3 Å². The maximum absolute atomic E-state index is 13.6. The molecule has 0 spiro atoms. The van der Waals surface area contributed by atoms with E-state index < -0.39 is 6.23 Å². The molecule has 0 aliphatic carbocycles. The van der Waals surface area contributed by atoms with E-state index in [1.807, 2.05) is 53.6 Å². The molecule has 3 heterocycles. The van der Waals surface area contributed by atoms with Gasteiger partial charge >= 0.3 is 5.69 Å². The standard InChI is InChI=1S/C27H20BrFN4O3/c28-19-6-2-18(3-7-19)25-32-23(17-4-8-20(29)9-5-17)24(36-25)26-33(13-14-35-26)12-11-16-1-10-21-22(15-16)31-27(34)30-21/h1-10,13-15,26H,11-12H2,(H2,30,31,34). The highest BCUT2D eigenvalue weighted by atomic mass is 79.9. The van der Waals surface area contributed by atoms with Gasteiger partial charge in [0.05, 0.1) is 11.0 Å². The van der Waals surface area contributed by atoms with Gasteiger partial charge < -0.3 is 24.0 Å². The molecule has 0 radical (unpaired) electrons. The Hall–Kier alpha value is -4.11. The predicted molar refractivity (Wildman–Crippen MR) is 137 cm³/mol. The molecule has 0 amide bonds. The molecular weight excluding hydrogens is 527 g/mol. The molecule has 0 fully saturated rings. The van der Waals surface area contributed by atoms with Gasteiger partial charge in [-0.3, -0.25) is 0 Å². The zero-order chi connectivity index (χ0) is 24.6. The molecule has 7 nitrogen and oxygen atoms in total. The van der Waals surface area contributed by atoms with Crippen molar-refractivity contribution in [2.24, 2.45) is 0 Å². The molecule has 0 bridgehead atoms. The van der Waals surface area contributed by atoms with Crippen molar-refractivity contribution in [2.75, 3.05) is 6.54 Å². The maximum Gasteiger partial charge on any atom is 0.323 e. The van der Waals surface area contributed by atoms with Gasteiger partial charge in [-0.05, 0) is 72.6 Å². The number of halogens is 2. The average Bonchev–Trinajstić information content (AvgIpc) is 3.60. The number of imidazole rings is 1. The van der Waals surface area contributed by atoms with Crippen molar-refractivity contribution in [1.82, 2.24) is 19.9 Å². The van der Waals surface area contributed by atoms with Gasteiger partial charge in [0, 0.05) is 28.3 Å². The van der Waals surface area contributed by atoms with Gasteiger partial charge in [0.25, 0.3) is 0 Å². The first kappa shape index (κ1) is 22.4. The summed E-state index contributed by atoms with van der Waals surface area (Å²) in [5.41, 5.74) is 4.54. The van der Waals surface area contributed by atoms with Crippen molar-refractivity contribution in [3.8, 4) is 22.7 Å². The van der Waals surface area contributed by atoms with Crippen LogP contribution >= 0.6 is 15.9 Å². The minimum atomic E-state index is -0.530. The van der Waals surface area contributed by atoms with Crippen LogP contribution in [0.3, 0.4) is 0 Å². The van der Waals surface area contributed by atoms with Crippen LogP contribution < -0.4 is 5.69 Å². The fourth-order valence-electron chi connectivity index (χ4n) is 4.27. The molecular formula is C27H20BrFN4O3. The van der Waals surface area contributed by atoms with Crippen LogP contribution in [0, 0.1) is 5.82 Å². The Morgan fingerprint density at radius 1 is 0.972 bits per heavy atom. The lowest BCUT2D eigenvalue weighted by atomic mass is 10.1. The van der Waals surface area contributed by atoms with Gasteiger partial charge in [0.15, 0.2) is 5.76 Å². The number of aromatic nitrogens is 3. The molecule has 9 heteroatoms. The van der Waals surface area contributed by atoms with Crippen LogP contribution in [0.25, 0.3) is 33.7 Å². The van der Waals surface area contributed by atoms with Gasteiger partial charge in [-0.2, -0.15) is 0 Å². The van der Waals surface area contributed by atoms with E-state index in [4.69, 9.17) is 14.1 Å². The van der Waals surface area contributed by atoms with Crippen LogP contribution in [0.1, 0.15) is 17.6 Å². The fraction of sp³-hybridized carbons (Fsp3) is 0.111. The highest BCUT2D eigenvalue weighted by Crippen LogP contribution is 2.38. The number of benzene rings is 3. The van der Waals surface area contributed by atoms with Crippen LogP contribution in [0.4, 0.5) is 4.39 Å². The van der Waals surface area contributed by atoms with Crippen molar-refractivity contribution in [3.63, 3.8) is 0 Å². The molecule has 0 saturated carbocycles. The van der Waals surface area contributed by atoms with Crippen LogP contribution in [-0.2, 0) is 11.2 Å². The van der Waals surface area contributed by atoms with Crippen molar-refractivity contribution >= 4 is 27.0 Å². The number of aromatic amines is 2. The first-order chi connectivity index (χ1) is 17.5. The molecule has 36 heavy (non-hydrogen) atoms. The number of nitrogens with one attached hydrogen (secondary N) is 2. The Morgan fingerprint density at radius 3 is 2.53 bits per heavy atom. The van der Waals surface area contributed by atoms with E-state index in [1.54, 1.807) is 18.4 Å². The second kappa shape index (κ2) is 9.16. The van der Waals surface area contributed by atoms with Crippen LogP contribution in [-0.4, -0.2) is 26.4 Å². The minimum Gasteiger partial charge on any atom is -0.469 e. The third-order valence-corrected chi connectivity index (χ3v) is 6.62. The molecule has 5 aromatic rings. The van der Waals surface area contributed by atoms with Gasteiger partial charge in [-0.1, -0.05) is 22.0 Å². The summed E-state index contributed by atoms with van der Waals surface area (Å²) in [6.07, 6.45) is 3.69. The summed E-state index contributed by atoms with van der Waals surface area (Å²) < 4.78 is 26.8. The Bertz CT molecular complexity index is 1620. The molecule has 3 aromatic carbocycles. The van der Waals surface area contributed by atoms with Crippen LogP contribution in [0.15, 0.2) is 92.9 Å². The number of oxazole rings is 1. The van der Waals surface area contributed by atoms with E-state index in [9.17, 15) is 9.18 Å². The van der Waals surface area contributed by atoms with Crippen LogP contribution in [0.5, 0.6) is 0 Å². The van der Waals surface area contributed by atoms with E-state index in [1.165, 1.54) is 12.1 Å². The highest BCUT2D eigenvalue weighted by molar-refractivity contribution is 9.10. The monoisotopic (exact) mass is 546 g/mol. The Labute approximate surface area is 213 Å². The van der Waals surface area contributed by atoms with Gasteiger partial charge in [0.1, 0.15) is 17.8 Å². The lowest BCUT2D eigenvalue weighted by Crippen LogP contribution is -2.23. The number of ether oxygens (including phenoxy) is 1. The molecule has 1 unspecified atom stereocenters. The van der Waals surface area contributed by atoms with Gasteiger partial charge in [0.2, 0.25) is 12.1 Å². The normalized spacial score (nSPS) is 15.1. The average molecular weight is 547 g/mol. The molecule has 0 saturated heterocycles.